The van der Waals surface area contributed by atoms with Crippen molar-refractivity contribution in [2.24, 2.45) is 23.5 Å². The van der Waals surface area contributed by atoms with E-state index in [1.54, 1.807) is 0 Å². The second-order valence-corrected chi connectivity index (χ2v) is 5.47. The lowest BCUT2D eigenvalue weighted by Gasteiger charge is -2.18. The quantitative estimate of drug-likeness (QED) is 0.720. The minimum atomic E-state index is 0.294. The second-order valence-electron chi connectivity index (χ2n) is 5.47. The first kappa shape index (κ1) is 13.5. The van der Waals surface area contributed by atoms with Crippen molar-refractivity contribution < 1.29 is 4.79 Å². The van der Waals surface area contributed by atoms with Gasteiger partial charge < -0.3 is 10.6 Å². The molecule has 0 heterocycles. The predicted molar refractivity (Wildman–Crippen MR) is 67.0 cm³/mol. The summed E-state index contributed by atoms with van der Waals surface area (Å²) in [5.41, 5.74) is 5.49. The number of carbonyl (C=O) groups excluding carboxylic acids is 1. The Balaban J connectivity index is 2.13. The van der Waals surface area contributed by atoms with Crippen LogP contribution in [0.5, 0.6) is 0 Å². The molecular formula is C13H26N2O. The van der Waals surface area contributed by atoms with E-state index in [0.29, 0.717) is 18.2 Å². The van der Waals surface area contributed by atoms with Crippen molar-refractivity contribution in [1.82, 2.24) is 4.90 Å². The zero-order valence-electron chi connectivity index (χ0n) is 10.9. The van der Waals surface area contributed by atoms with Crippen LogP contribution < -0.4 is 5.73 Å². The molecule has 0 bridgehead atoms. The molecule has 1 fully saturated rings. The third-order valence-corrected chi connectivity index (χ3v) is 3.72. The first-order valence-corrected chi connectivity index (χ1v) is 6.48. The van der Waals surface area contributed by atoms with Gasteiger partial charge in [0.25, 0.3) is 0 Å². The summed E-state index contributed by atoms with van der Waals surface area (Å²) in [6.07, 6.45) is 3.97. The number of hydrogen-bond donors (Lipinski definition) is 1. The van der Waals surface area contributed by atoms with Crippen LogP contribution in [0.25, 0.3) is 0 Å². The molecular weight excluding hydrogens is 200 g/mol. The van der Waals surface area contributed by atoms with E-state index in [0.717, 1.165) is 37.8 Å². The molecule has 3 atom stereocenters. The van der Waals surface area contributed by atoms with Crippen molar-refractivity contribution in [2.45, 2.75) is 39.5 Å². The first-order chi connectivity index (χ1) is 7.54. The Kier molecular flexibility index (Phi) is 5.26. The van der Waals surface area contributed by atoms with E-state index < -0.39 is 0 Å². The van der Waals surface area contributed by atoms with Crippen LogP contribution in [-0.2, 0) is 4.79 Å². The van der Waals surface area contributed by atoms with Crippen molar-refractivity contribution in [3.63, 3.8) is 0 Å². The Morgan fingerprint density at radius 2 is 2.12 bits per heavy atom. The zero-order chi connectivity index (χ0) is 12.1. The van der Waals surface area contributed by atoms with Gasteiger partial charge in [0.05, 0.1) is 0 Å². The molecule has 1 aliphatic carbocycles. The van der Waals surface area contributed by atoms with Crippen LogP contribution >= 0.6 is 0 Å². The van der Waals surface area contributed by atoms with Crippen LogP contribution in [0.3, 0.4) is 0 Å². The van der Waals surface area contributed by atoms with Crippen molar-refractivity contribution in [1.29, 1.82) is 0 Å². The largest absolute Gasteiger partial charge is 0.345 e. The fourth-order valence-electron chi connectivity index (χ4n) is 2.10. The van der Waals surface area contributed by atoms with Gasteiger partial charge in [-0.05, 0) is 43.6 Å². The van der Waals surface area contributed by atoms with Crippen LogP contribution in [0.4, 0.5) is 0 Å². The number of nitrogens with zero attached hydrogens (tertiary/aromatic N) is 1. The van der Waals surface area contributed by atoms with Crippen LogP contribution in [0.2, 0.25) is 0 Å². The molecule has 3 heteroatoms. The summed E-state index contributed by atoms with van der Waals surface area (Å²) < 4.78 is 0. The summed E-state index contributed by atoms with van der Waals surface area (Å²) in [4.78, 5) is 13.7. The molecule has 3 nitrogen and oxygen atoms in total. The molecule has 0 saturated heterocycles. The Morgan fingerprint density at radius 1 is 1.50 bits per heavy atom. The molecule has 2 N–H and O–H groups in total. The van der Waals surface area contributed by atoms with E-state index in [2.05, 4.69) is 13.8 Å². The molecule has 0 radical (unpaired) electrons. The maximum absolute atomic E-state index is 11.8. The summed E-state index contributed by atoms with van der Waals surface area (Å²) in [5, 5.41) is 0. The third kappa shape index (κ3) is 4.52. The van der Waals surface area contributed by atoms with Crippen molar-refractivity contribution in [3.8, 4) is 0 Å². The minimum Gasteiger partial charge on any atom is -0.345 e. The summed E-state index contributed by atoms with van der Waals surface area (Å²) in [6.45, 7) is 6.10. The van der Waals surface area contributed by atoms with Gasteiger partial charge in [-0.3, -0.25) is 4.79 Å². The summed E-state index contributed by atoms with van der Waals surface area (Å²) in [5.74, 6) is 2.45. The minimum absolute atomic E-state index is 0.294. The third-order valence-electron chi connectivity index (χ3n) is 3.72. The molecule has 0 aromatic carbocycles. The Bertz CT molecular complexity index is 230. The van der Waals surface area contributed by atoms with E-state index in [1.807, 2.05) is 11.9 Å². The predicted octanol–water partition coefficient (Wildman–Crippen LogP) is 1.87. The number of amides is 1. The van der Waals surface area contributed by atoms with Crippen molar-refractivity contribution in [2.75, 3.05) is 20.1 Å². The highest BCUT2D eigenvalue weighted by Crippen LogP contribution is 2.38. The molecule has 1 rings (SSSR count). The fraction of sp³-hybridized carbons (Fsp3) is 0.923. The molecule has 0 aromatic rings. The second kappa shape index (κ2) is 6.24. The van der Waals surface area contributed by atoms with Gasteiger partial charge >= 0.3 is 0 Å². The molecule has 1 saturated carbocycles. The molecule has 16 heavy (non-hydrogen) atoms. The molecule has 0 spiro atoms. The Labute approximate surface area is 99.4 Å². The van der Waals surface area contributed by atoms with Gasteiger partial charge in [0.15, 0.2) is 0 Å². The van der Waals surface area contributed by atoms with Gasteiger partial charge in [-0.15, -0.1) is 0 Å². The highest BCUT2D eigenvalue weighted by molar-refractivity contribution is 5.75. The van der Waals surface area contributed by atoms with Crippen molar-refractivity contribution >= 4 is 5.91 Å². The highest BCUT2D eigenvalue weighted by Gasteiger charge is 2.33. The van der Waals surface area contributed by atoms with Crippen LogP contribution in [-0.4, -0.2) is 30.9 Å². The lowest BCUT2D eigenvalue weighted by molar-refractivity contribution is -0.130. The normalized spacial score (nSPS) is 25.2. The summed E-state index contributed by atoms with van der Waals surface area (Å²) in [6, 6.07) is 0. The number of nitrogens with two attached hydrogens (primary N) is 1. The van der Waals surface area contributed by atoms with Gasteiger partial charge in [-0.1, -0.05) is 13.8 Å². The van der Waals surface area contributed by atoms with Gasteiger partial charge in [-0.2, -0.15) is 0 Å². The van der Waals surface area contributed by atoms with Gasteiger partial charge in [-0.25, -0.2) is 0 Å². The van der Waals surface area contributed by atoms with Crippen LogP contribution in [0, 0.1) is 17.8 Å². The Hall–Kier alpha value is -0.570. The maximum Gasteiger partial charge on any atom is 0.222 e. The maximum atomic E-state index is 11.8. The molecule has 1 aliphatic rings. The van der Waals surface area contributed by atoms with E-state index in [-0.39, 0.29) is 0 Å². The van der Waals surface area contributed by atoms with E-state index in [1.165, 1.54) is 6.42 Å². The smallest absolute Gasteiger partial charge is 0.222 e. The summed E-state index contributed by atoms with van der Waals surface area (Å²) >= 11 is 0. The molecule has 94 valence electrons. The molecule has 1 amide bonds. The van der Waals surface area contributed by atoms with Crippen molar-refractivity contribution in [3.05, 3.63) is 0 Å². The van der Waals surface area contributed by atoms with Crippen LogP contribution in [0.1, 0.15) is 39.5 Å². The van der Waals surface area contributed by atoms with E-state index >= 15 is 0 Å². The summed E-state index contributed by atoms with van der Waals surface area (Å²) in [7, 11) is 1.93. The van der Waals surface area contributed by atoms with Gasteiger partial charge in [0, 0.05) is 20.0 Å². The topological polar surface area (TPSA) is 46.3 Å². The average molecular weight is 226 g/mol. The average Bonchev–Trinajstić information content (AvgIpc) is 2.91. The van der Waals surface area contributed by atoms with Gasteiger partial charge in [0.1, 0.15) is 0 Å². The molecule has 0 aromatic heterocycles. The molecule has 3 unspecified atom stereocenters. The lowest BCUT2D eigenvalue weighted by Crippen LogP contribution is -2.29. The number of carbonyl (C=O) groups is 1. The van der Waals surface area contributed by atoms with Crippen LogP contribution in [0.15, 0.2) is 0 Å². The fourth-order valence-corrected chi connectivity index (χ4v) is 2.10. The number of hydrogen-bond acceptors (Lipinski definition) is 2. The zero-order valence-corrected chi connectivity index (χ0v) is 10.9. The standard InChI is InChI=1S/C13H26N2O/c1-10(6-7-14)4-5-13(16)15(3)9-12-8-11(12)2/h10-12H,4-9,14H2,1-3H3. The first-order valence-electron chi connectivity index (χ1n) is 6.48. The Morgan fingerprint density at radius 3 is 2.62 bits per heavy atom. The number of rotatable bonds is 7. The lowest BCUT2D eigenvalue weighted by atomic mass is 10.0. The monoisotopic (exact) mass is 226 g/mol. The highest BCUT2D eigenvalue weighted by atomic mass is 16.2. The van der Waals surface area contributed by atoms with Gasteiger partial charge in [0.2, 0.25) is 5.91 Å². The van der Waals surface area contributed by atoms with E-state index in [9.17, 15) is 4.79 Å². The molecule has 0 aliphatic heterocycles. The SMILES string of the molecule is CC(CCN)CCC(=O)N(C)CC1CC1C. The van der Waals surface area contributed by atoms with E-state index in [4.69, 9.17) is 5.73 Å².